The van der Waals surface area contributed by atoms with Crippen LogP contribution < -0.4 is 15.4 Å². The van der Waals surface area contributed by atoms with E-state index in [1.54, 1.807) is 19.1 Å². The highest BCUT2D eigenvalue weighted by atomic mass is 35.5. The number of phenolic OH excluding ortho intramolecular Hbond substituents is 1. The van der Waals surface area contributed by atoms with Crippen LogP contribution in [0.2, 0.25) is 5.02 Å². The number of halogens is 2. The van der Waals surface area contributed by atoms with Gasteiger partial charge in [0.25, 0.3) is 11.8 Å². The number of anilines is 2. The minimum absolute atomic E-state index is 0.0428. The molecule has 0 aliphatic carbocycles. The third kappa shape index (κ3) is 5.73. The largest absolute Gasteiger partial charge is 0.506 e. The fourth-order valence-electron chi connectivity index (χ4n) is 2.66. The minimum atomic E-state index is -0.821. The summed E-state index contributed by atoms with van der Waals surface area (Å²) in [4.78, 5) is 24.7. The maximum absolute atomic E-state index is 13.0. The molecule has 0 fully saturated rings. The van der Waals surface area contributed by atoms with Gasteiger partial charge in [0, 0.05) is 11.6 Å². The van der Waals surface area contributed by atoms with E-state index in [0.717, 1.165) is 17.7 Å². The summed E-state index contributed by atoms with van der Waals surface area (Å²) in [5.41, 5.74) is 1.47. The van der Waals surface area contributed by atoms with Gasteiger partial charge in [0.2, 0.25) is 0 Å². The van der Waals surface area contributed by atoms with Gasteiger partial charge in [-0.25, -0.2) is 4.39 Å². The van der Waals surface area contributed by atoms with Crippen molar-refractivity contribution in [2.45, 2.75) is 20.0 Å². The molecule has 8 heteroatoms. The Morgan fingerprint density at radius 2 is 1.65 bits per heavy atom. The number of amides is 2. The Bertz CT molecular complexity index is 1100. The van der Waals surface area contributed by atoms with Crippen LogP contribution in [0, 0.1) is 12.7 Å². The lowest BCUT2D eigenvalue weighted by atomic mass is 10.2. The van der Waals surface area contributed by atoms with Crippen LogP contribution in [0.25, 0.3) is 0 Å². The lowest BCUT2D eigenvalue weighted by molar-refractivity contribution is -0.122. The summed E-state index contributed by atoms with van der Waals surface area (Å²) < 4.78 is 18.6. The Hall–Kier alpha value is -3.58. The number of hydrogen-bond donors (Lipinski definition) is 3. The van der Waals surface area contributed by atoms with E-state index < -0.39 is 23.7 Å². The number of aryl methyl sites for hydroxylation is 1. The summed E-state index contributed by atoms with van der Waals surface area (Å²) in [7, 11) is 0. The van der Waals surface area contributed by atoms with Crippen LogP contribution in [0.1, 0.15) is 22.8 Å². The van der Waals surface area contributed by atoms with E-state index in [1.165, 1.54) is 24.3 Å². The Morgan fingerprint density at radius 3 is 2.29 bits per heavy atom. The Labute approximate surface area is 183 Å². The van der Waals surface area contributed by atoms with Crippen molar-refractivity contribution in [1.82, 2.24) is 0 Å². The molecule has 0 saturated heterocycles. The highest BCUT2D eigenvalue weighted by molar-refractivity contribution is 6.34. The fraction of sp³-hybridized carbons (Fsp3) is 0.130. The predicted octanol–water partition coefficient (Wildman–Crippen LogP) is 5.15. The molecule has 0 aromatic heterocycles. The lowest BCUT2D eigenvalue weighted by Crippen LogP contribution is -2.30. The van der Waals surface area contributed by atoms with E-state index in [-0.39, 0.29) is 27.7 Å². The minimum Gasteiger partial charge on any atom is -0.506 e. The average Bonchev–Trinajstić information content (AvgIpc) is 2.73. The first-order chi connectivity index (χ1) is 14.7. The molecular formula is C23H20ClFN2O4. The van der Waals surface area contributed by atoms with Gasteiger partial charge in [0.15, 0.2) is 6.10 Å². The third-order valence-corrected chi connectivity index (χ3v) is 4.71. The number of ether oxygens (including phenoxy) is 1. The molecule has 1 unspecified atom stereocenters. The van der Waals surface area contributed by atoms with Crippen molar-refractivity contribution in [2.24, 2.45) is 0 Å². The monoisotopic (exact) mass is 442 g/mol. The van der Waals surface area contributed by atoms with Gasteiger partial charge in [0.1, 0.15) is 17.3 Å². The van der Waals surface area contributed by atoms with E-state index in [1.807, 2.05) is 19.1 Å². The Morgan fingerprint density at radius 1 is 1.00 bits per heavy atom. The van der Waals surface area contributed by atoms with Gasteiger partial charge in [-0.15, -0.1) is 0 Å². The normalized spacial score (nSPS) is 11.5. The number of carbonyl (C=O) groups is 2. The highest BCUT2D eigenvalue weighted by Crippen LogP contribution is 2.34. The van der Waals surface area contributed by atoms with Crippen LogP contribution in [-0.2, 0) is 4.79 Å². The molecule has 0 bridgehead atoms. The third-order valence-electron chi connectivity index (χ3n) is 4.40. The summed E-state index contributed by atoms with van der Waals surface area (Å²) >= 11 is 6.21. The smallest absolute Gasteiger partial charge is 0.265 e. The first-order valence-electron chi connectivity index (χ1n) is 9.36. The topological polar surface area (TPSA) is 87.7 Å². The first kappa shape index (κ1) is 22.1. The van der Waals surface area contributed by atoms with Gasteiger partial charge in [0.05, 0.1) is 16.4 Å². The Balaban J connectivity index is 1.67. The average molecular weight is 443 g/mol. The zero-order valence-electron chi connectivity index (χ0n) is 16.8. The molecule has 2 amide bonds. The Kier molecular flexibility index (Phi) is 6.77. The van der Waals surface area contributed by atoms with Gasteiger partial charge in [-0.1, -0.05) is 29.3 Å². The number of rotatable bonds is 6. The van der Waals surface area contributed by atoms with Gasteiger partial charge >= 0.3 is 0 Å². The van der Waals surface area contributed by atoms with Crippen LogP contribution in [0.5, 0.6) is 11.5 Å². The molecule has 3 N–H and O–H groups in total. The van der Waals surface area contributed by atoms with Gasteiger partial charge in [-0.3, -0.25) is 9.59 Å². The molecule has 0 radical (unpaired) electrons. The molecule has 0 spiro atoms. The molecule has 6 nitrogen and oxygen atoms in total. The number of aromatic hydroxyl groups is 1. The van der Waals surface area contributed by atoms with E-state index in [0.29, 0.717) is 5.75 Å². The molecule has 3 aromatic carbocycles. The van der Waals surface area contributed by atoms with Crippen LogP contribution in [0.3, 0.4) is 0 Å². The quantitative estimate of drug-likeness (QED) is 0.460. The molecule has 3 rings (SSSR count). The highest BCUT2D eigenvalue weighted by Gasteiger charge is 2.18. The molecule has 31 heavy (non-hydrogen) atoms. The molecule has 0 heterocycles. The zero-order chi connectivity index (χ0) is 22.5. The van der Waals surface area contributed by atoms with E-state index in [2.05, 4.69) is 10.6 Å². The van der Waals surface area contributed by atoms with E-state index in [4.69, 9.17) is 16.3 Å². The number of benzene rings is 3. The summed E-state index contributed by atoms with van der Waals surface area (Å²) in [5, 5.41) is 15.4. The van der Waals surface area contributed by atoms with E-state index in [9.17, 15) is 19.1 Å². The van der Waals surface area contributed by atoms with Gasteiger partial charge in [-0.05, 0) is 56.3 Å². The van der Waals surface area contributed by atoms with Crippen molar-refractivity contribution in [3.63, 3.8) is 0 Å². The number of hydrogen-bond acceptors (Lipinski definition) is 4. The molecule has 160 valence electrons. The molecule has 3 aromatic rings. The number of carbonyl (C=O) groups excluding carboxylic acids is 2. The lowest BCUT2D eigenvalue weighted by Gasteiger charge is -2.16. The summed E-state index contributed by atoms with van der Waals surface area (Å²) in [6, 6.07) is 14.7. The molecule has 0 aliphatic heterocycles. The first-order valence-corrected chi connectivity index (χ1v) is 9.74. The maximum atomic E-state index is 13.0. The van der Waals surface area contributed by atoms with Crippen molar-refractivity contribution in [3.8, 4) is 11.5 Å². The SMILES string of the molecule is Cc1ccc(OC(C)C(=O)Nc2cc(O)c(NC(=O)c3ccc(F)cc3)cc2Cl)cc1. The van der Waals surface area contributed by atoms with Crippen LogP contribution in [0.4, 0.5) is 15.8 Å². The summed E-state index contributed by atoms with van der Waals surface area (Å²) in [5.74, 6) is -1.25. The van der Waals surface area contributed by atoms with Crippen molar-refractivity contribution >= 4 is 34.8 Å². The summed E-state index contributed by atoms with van der Waals surface area (Å²) in [6.45, 7) is 3.53. The number of nitrogens with one attached hydrogen (secondary N) is 2. The van der Waals surface area contributed by atoms with E-state index >= 15 is 0 Å². The van der Waals surface area contributed by atoms with Crippen molar-refractivity contribution in [2.75, 3.05) is 10.6 Å². The van der Waals surface area contributed by atoms with Crippen molar-refractivity contribution < 1.29 is 23.8 Å². The predicted molar refractivity (Wildman–Crippen MR) is 117 cm³/mol. The van der Waals surface area contributed by atoms with Gasteiger partial charge < -0.3 is 20.5 Å². The summed E-state index contributed by atoms with van der Waals surface area (Å²) in [6.07, 6.45) is -0.821. The second-order valence-corrected chi connectivity index (χ2v) is 7.28. The molecule has 0 saturated carbocycles. The fourth-order valence-corrected chi connectivity index (χ4v) is 2.87. The number of phenols is 1. The van der Waals surface area contributed by atoms with Crippen LogP contribution in [0.15, 0.2) is 60.7 Å². The molecular weight excluding hydrogens is 423 g/mol. The second-order valence-electron chi connectivity index (χ2n) is 6.87. The maximum Gasteiger partial charge on any atom is 0.265 e. The van der Waals surface area contributed by atoms with Crippen molar-refractivity contribution in [1.29, 1.82) is 0 Å². The van der Waals surface area contributed by atoms with Gasteiger partial charge in [-0.2, -0.15) is 0 Å². The molecule has 0 aliphatic rings. The van der Waals surface area contributed by atoms with Crippen molar-refractivity contribution in [3.05, 3.63) is 82.6 Å². The molecule has 1 atom stereocenters. The standard InChI is InChI=1S/C23H20ClFN2O4/c1-13-3-9-17(10-4-13)31-14(2)22(29)26-19-12-21(28)20(11-18(19)24)27-23(30)15-5-7-16(25)8-6-15/h3-12,14,28H,1-2H3,(H,26,29)(H,27,30). The second kappa shape index (κ2) is 9.49. The van der Waals surface area contributed by atoms with Crippen LogP contribution >= 0.6 is 11.6 Å². The zero-order valence-corrected chi connectivity index (χ0v) is 17.5. The van der Waals surface area contributed by atoms with Crippen LogP contribution in [-0.4, -0.2) is 23.0 Å².